The van der Waals surface area contributed by atoms with E-state index in [0.717, 1.165) is 0 Å². The molecule has 2 aromatic carbocycles. The molecule has 3 aromatic rings. The van der Waals surface area contributed by atoms with Crippen LogP contribution in [-0.4, -0.2) is 24.1 Å². The van der Waals surface area contributed by atoms with Crippen LogP contribution in [0.15, 0.2) is 58.2 Å². The minimum absolute atomic E-state index is 0.0150. The topological polar surface area (TPSA) is 110 Å². The number of benzene rings is 2. The Balaban J connectivity index is 1.97. The summed E-state index contributed by atoms with van der Waals surface area (Å²) in [4.78, 5) is 27.0. The monoisotopic (exact) mass is 420 g/mol. The predicted molar refractivity (Wildman–Crippen MR) is 106 cm³/mol. The van der Waals surface area contributed by atoms with Crippen molar-refractivity contribution < 1.29 is 13.2 Å². The SMILES string of the molecule is CC(C)n1nc(C(=O)NNS(=O)(=O)c2ccccc2Cl)c2ccccc2c1=O. The summed E-state index contributed by atoms with van der Waals surface area (Å²) in [6, 6.07) is 12.0. The highest BCUT2D eigenvalue weighted by atomic mass is 35.5. The first-order valence-electron chi connectivity index (χ1n) is 8.30. The Labute approximate surface area is 166 Å². The van der Waals surface area contributed by atoms with Crippen molar-refractivity contribution in [3.05, 3.63) is 69.6 Å². The largest absolute Gasteiger partial charge is 0.287 e. The van der Waals surface area contributed by atoms with Gasteiger partial charge in [0.15, 0.2) is 5.69 Å². The van der Waals surface area contributed by atoms with Crippen molar-refractivity contribution in [1.29, 1.82) is 0 Å². The van der Waals surface area contributed by atoms with Crippen LogP contribution in [0.4, 0.5) is 0 Å². The number of nitrogens with one attached hydrogen (secondary N) is 2. The lowest BCUT2D eigenvalue weighted by molar-refractivity contribution is 0.0939. The molecule has 28 heavy (non-hydrogen) atoms. The summed E-state index contributed by atoms with van der Waals surface area (Å²) in [5, 5.41) is 4.77. The molecule has 0 saturated heterocycles. The van der Waals surface area contributed by atoms with Gasteiger partial charge in [0.25, 0.3) is 21.5 Å². The summed E-state index contributed by atoms with van der Waals surface area (Å²) in [5.74, 6) is -0.804. The van der Waals surface area contributed by atoms with E-state index in [-0.39, 0.29) is 27.2 Å². The molecule has 0 aliphatic heterocycles. The third kappa shape index (κ3) is 3.77. The van der Waals surface area contributed by atoms with Gasteiger partial charge in [-0.05, 0) is 32.0 Å². The highest BCUT2D eigenvalue weighted by Gasteiger charge is 2.21. The average molecular weight is 421 g/mol. The Morgan fingerprint density at radius 1 is 1.07 bits per heavy atom. The Bertz CT molecular complexity index is 1220. The summed E-state index contributed by atoms with van der Waals surface area (Å²) in [6.07, 6.45) is 0. The third-order valence-electron chi connectivity index (χ3n) is 3.96. The standard InChI is InChI=1S/C18H17ClN4O4S/c1-11(2)23-18(25)13-8-4-3-7-12(13)16(21-23)17(24)20-22-28(26,27)15-10-6-5-9-14(15)19/h3-11,22H,1-2H3,(H,20,24). The lowest BCUT2D eigenvalue weighted by atomic mass is 10.1. The van der Waals surface area contributed by atoms with Gasteiger partial charge in [-0.2, -0.15) is 5.10 Å². The second-order valence-electron chi connectivity index (χ2n) is 6.23. The number of aromatic nitrogens is 2. The maximum absolute atomic E-state index is 12.7. The first-order valence-corrected chi connectivity index (χ1v) is 10.2. The van der Waals surface area contributed by atoms with Crippen LogP contribution >= 0.6 is 11.6 Å². The van der Waals surface area contributed by atoms with E-state index in [1.807, 2.05) is 4.83 Å². The van der Waals surface area contributed by atoms with Crippen molar-refractivity contribution >= 4 is 38.3 Å². The molecule has 0 fully saturated rings. The first-order chi connectivity index (χ1) is 13.2. The number of halogens is 1. The number of hydrogen-bond donors (Lipinski definition) is 2. The van der Waals surface area contributed by atoms with E-state index in [4.69, 9.17) is 11.6 Å². The van der Waals surface area contributed by atoms with E-state index in [1.54, 1.807) is 44.2 Å². The highest BCUT2D eigenvalue weighted by molar-refractivity contribution is 7.89. The summed E-state index contributed by atoms with van der Waals surface area (Å²) in [7, 11) is -4.09. The molecule has 1 heterocycles. The Morgan fingerprint density at radius 2 is 1.68 bits per heavy atom. The van der Waals surface area contributed by atoms with Gasteiger partial charge >= 0.3 is 0 Å². The quantitative estimate of drug-likeness (QED) is 0.615. The molecule has 0 radical (unpaired) electrons. The third-order valence-corrected chi connectivity index (χ3v) is 5.71. The number of carbonyl (C=O) groups is 1. The van der Waals surface area contributed by atoms with Crippen LogP contribution in [0.3, 0.4) is 0 Å². The van der Waals surface area contributed by atoms with Crippen LogP contribution in [0.1, 0.15) is 30.4 Å². The van der Waals surface area contributed by atoms with Crippen molar-refractivity contribution in [2.45, 2.75) is 24.8 Å². The van der Waals surface area contributed by atoms with Crippen LogP contribution in [0.25, 0.3) is 10.8 Å². The number of amides is 1. The number of carbonyl (C=O) groups excluding carboxylic acids is 1. The van der Waals surface area contributed by atoms with E-state index in [9.17, 15) is 18.0 Å². The summed E-state index contributed by atoms with van der Waals surface area (Å²) in [5.41, 5.74) is 1.72. The normalized spacial score (nSPS) is 11.7. The molecular weight excluding hydrogens is 404 g/mol. The van der Waals surface area contributed by atoms with Gasteiger partial charge in [0.2, 0.25) is 0 Å². The molecule has 8 nitrogen and oxygen atoms in total. The fraction of sp³-hybridized carbons (Fsp3) is 0.167. The van der Waals surface area contributed by atoms with Crippen LogP contribution in [-0.2, 0) is 10.0 Å². The molecule has 0 unspecified atom stereocenters. The number of fused-ring (bicyclic) bond motifs is 1. The average Bonchev–Trinajstić information content (AvgIpc) is 2.66. The zero-order valence-electron chi connectivity index (χ0n) is 15.0. The fourth-order valence-corrected chi connectivity index (χ4v) is 3.97. The zero-order valence-corrected chi connectivity index (χ0v) is 16.6. The predicted octanol–water partition coefficient (Wildman–Crippen LogP) is 2.25. The fourth-order valence-electron chi connectivity index (χ4n) is 2.61. The van der Waals surface area contributed by atoms with Crippen molar-refractivity contribution in [3.63, 3.8) is 0 Å². The van der Waals surface area contributed by atoms with Crippen LogP contribution in [0, 0.1) is 0 Å². The molecule has 0 bridgehead atoms. The van der Waals surface area contributed by atoms with E-state index in [0.29, 0.717) is 10.8 Å². The summed E-state index contributed by atoms with van der Waals surface area (Å²) in [6.45, 7) is 3.51. The molecular formula is C18H17ClN4O4S. The molecule has 0 aliphatic carbocycles. The van der Waals surface area contributed by atoms with Gasteiger partial charge < -0.3 is 0 Å². The van der Waals surface area contributed by atoms with Crippen LogP contribution < -0.4 is 15.8 Å². The Morgan fingerprint density at radius 3 is 2.32 bits per heavy atom. The number of hydrogen-bond acceptors (Lipinski definition) is 5. The summed E-state index contributed by atoms with van der Waals surface area (Å²) < 4.78 is 26.0. The lowest BCUT2D eigenvalue weighted by Crippen LogP contribution is -2.42. The molecule has 0 aliphatic rings. The first kappa shape index (κ1) is 20.0. The van der Waals surface area contributed by atoms with Crippen molar-refractivity contribution in [3.8, 4) is 0 Å². The molecule has 0 spiro atoms. The molecule has 0 atom stereocenters. The van der Waals surface area contributed by atoms with Crippen molar-refractivity contribution in [1.82, 2.24) is 20.0 Å². The van der Waals surface area contributed by atoms with Gasteiger partial charge in [-0.3, -0.25) is 15.0 Å². The molecule has 1 amide bonds. The Hall–Kier alpha value is -2.75. The zero-order chi connectivity index (χ0) is 20.5. The maximum Gasteiger partial charge on any atom is 0.287 e. The van der Waals surface area contributed by atoms with E-state index < -0.39 is 15.9 Å². The number of sulfonamides is 1. The van der Waals surface area contributed by atoms with Crippen LogP contribution in [0.2, 0.25) is 5.02 Å². The molecule has 3 rings (SSSR count). The number of rotatable bonds is 5. The lowest BCUT2D eigenvalue weighted by Gasteiger charge is -2.14. The second-order valence-corrected chi connectivity index (χ2v) is 8.29. The van der Waals surface area contributed by atoms with Gasteiger partial charge in [-0.25, -0.2) is 13.1 Å². The number of nitrogens with zero attached hydrogens (tertiary/aromatic N) is 2. The van der Waals surface area contributed by atoms with Gasteiger partial charge in [0, 0.05) is 5.39 Å². The summed E-state index contributed by atoms with van der Waals surface area (Å²) >= 11 is 5.91. The van der Waals surface area contributed by atoms with Gasteiger partial charge in [-0.15, -0.1) is 4.83 Å². The minimum atomic E-state index is -4.09. The Kier molecular flexibility index (Phi) is 5.50. The maximum atomic E-state index is 12.7. The van der Waals surface area contributed by atoms with Gasteiger partial charge in [0.05, 0.1) is 16.5 Å². The van der Waals surface area contributed by atoms with E-state index >= 15 is 0 Å². The smallest absolute Gasteiger partial charge is 0.272 e. The number of hydrazine groups is 1. The highest BCUT2D eigenvalue weighted by Crippen LogP contribution is 2.20. The second kappa shape index (κ2) is 7.70. The van der Waals surface area contributed by atoms with Crippen molar-refractivity contribution in [2.75, 3.05) is 0 Å². The molecule has 1 aromatic heterocycles. The van der Waals surface area contributed by atoms with Gasteiger partial charge in [-0.1, -0.05) is 41.9 Å². The molecule has 0 saturated carbocycles. The molecule has 146 valence electrons. The molecule has 2 N–H and O–H groups in total. The van der Waals surface area contributed by atoms with Crippen LogP contribution in [0.5, 0.6) is 0 Å². The minimum Gasteiger partial charge on any atom is -0.272 e. The van der Waals surface area contributed by atoms with Crippen molar-refractivity contribution in [2.24, 2.45) is 0 Å². The van der Waals surface area contributed by atoms with E-state index in [1.165, 1.54) is 22.9 Å². The van der Waals surface area contributed by atoms with E-state index in [2.05, 4.69) is 10.5 Å². The van der Waals surface area contributed by atoms with Gasteiger partial charge in [0.1, 0.15) is 4.90 Å². The molecule has 10 heteroatoms.